The van der Waals surface area contributed by atoms with Crippen molar-refractivity contribution in [2.24, 2.45) is 0 Å². The van der Waals surface area contributed by atoms with E-state index >= 15 is 0 Å². The molecule has 0 atom stereocenters. The molecule has 1 heterocycles. The van der Waals surface area contributed by atoms with Gasteiger partial charge in [-0.15, -0.1) is 0 Å². The summed E-state index contributed by atoms with van der Waals surface area (Å²) in [5, 5.41) is 3.26. The summed E-state index contributed by atoms with van der Waals surface area (Å²) in [5.41, 5.74) is 10.6. The quantitative estimate of drug-likeness (QED) is 0.262. The predicted octanol–water partition coefficient (Wildman–Crippen LogP) is 7.20. The number of fused-ring (bicyclic) bond motifs is 3. The first-order valence-corrected chi connectivity index (χ1v) is 11.1. The lowest BCUT2D eigenvalue weighted by Gasteiger charge is -2.30. The summed E-state index contributed by atoms with van der Waals surface area (Å²) < 4.78 is 27.8. The van der Waals surface area contributed by atoms with Crippen LogP contribution in [0.5, 0.6) is 0 Å². The maximum atomic E-state index is 14.0. The van der Waals surface area contributed by atoms with Crippen molar-refractivity contribution in [2.45, 2.75) is 25.7 Å². The Morgan fingerprint density at radius 1 is 0.594 bits per heavy atom. The lowest BCUT2D eigenvalue weighted by atomic mass is 9.74. The Morgan fingerprint density at radius 2 is 1.25 bits per heavy atom. The van der Waals surface area contributed by atoms with Gasteiger partial charge in [-0.05, 0) is 106 Å². The Hall–Kier alpha value is -3.59. The van der Waals surface area contributed by atoms with Gasteiger partial charge in [-0.1, -0.05) is 30.3 Å². The summed E-state index contributed by atoms with van der Waals surface area (Å²) in [6.45, 7) is 0. The number of benzene rings is 4. The molecule has 7 rings (SSSR count). The highest BCUT2D eigenvalue weighted by atomic mass is 19.2. The molecule has 0 N–H and O–H groups in total. The van der Waals surface area contributed by atoms with Gasteiger partial charge in [0, 0.05) is 17.1 Å². The molecule has 0 saturated heterocycles. The van der Waals surface area contributed by atoms with E-state index in [0.717, 1.165) is 47.7 Å². The Bertz CT molecular complexity index is 1550. The molecule has 0 radical (unpaired) electrons. The minimum atomic E-state index is -0.823. The summed E-state index contributed by atoms with van der Waals surface area (Å²) in [6.07, 6.45) is 5.97. The standard InChI is InChI=1S/C29H19F2N/c30-25-14-18-8-9-23-22(24(18)15-26(25)31)10-11-32-29(23)21-12-19-6-4-16-2-1-3-17-5-7-20(13-21)28(19)27(16)17/h1-3,8-15H,4-7H2. The largest absolute Gasteiger partial charge is 0.256 e. The van der Waals surface area contributed by atoms with E-state index in [2.05, 4.69) is 30.3 Å². The molecule has 0 spiro atoms. The lowest BCUT2D eigenvalue weighted by molar-refractivity contribution is 0.511. The van der Waals surface area contributed by atoms with E-state index in [9.17, 15) is 8.78 Å². The second kappa shape index (κ2) is 6.46. The number of rotatable bonds is 1. The highest BCUT2D eigenvalue weighted by Crippen LogP contribution is 2.44. The molecule has 4 aromatic carbocycles. The van der Waals surface area contributed by atoms with Crippen LogP contribution in [-0.4, -0.2) is 4.98 Å². The zero-order valence-corrected chi connectivity index (χ0v) is 17.4. The Labute approximate surface area is 184 Å². The van der Waals surface area contributed by atoms with Crippen molar-refractivity contribution in [2.75, 3.05) is 0 Å². The summed E-state index contributed by atoms with van der Waals surface area (Å²) in [5.74, 6) is -1.64. The fraction of sp³-hybridized carbons (Fsp3) is 0.138. The third-order valence-electron chi connectivity index (χ3n) is 7.19. The van der Waals surface area contributed by atoms with E-state index in [1.54, 1.807) is 6.20 Å². The molecule has 32 heavy (non-hydrogen) atoms. The smallest absolute Gasteiger partial charge is 0.159 e. The van der Waals surface area contributed by atoms with E-state index in [4.69, 9.17) is 4.98 Å². The predicted molar refractivity (Wildman–Crippen MR) is 125 cm³/mol. The van der Waals surface area contributed by atoms with Crippen LogP contribution in [0.3, 0.4) is 0 Å². The molecule has 1 nitrogen and oxygen atoms in total. The number of halogens is 2. The number of aryl methyl sites for hydroxylation is 4. The molecule has 0 aliphatic heterocycles. The molecule has 0 bridgehead atoms. The van der Waals surface area contributed by atoms with Gasteiger partial charge in [0.2, 0.25) is 0 Å². The number of nitrogens with zero attached hydrogens (tertiary/aromatic N) is 1. The van der Waals surface area contributed by atoms with Gasteiger partial charge in [-0.3, -0.25) is 4.98 Å². The van der Waals surface area contributed by atoms with Crippen molar-refractivity contribution in [3.8, 4) is 22.4 Å². The first-order valence-electron chi connectivity index (χ1n) is 11.1. The van der Waals surface area contributed by atoms with Crippen LogP contribution in [-0.2, 0) is 25.7 Å². The molecule has 0 fully saturated rings. The molecular weight excluding hydrogens is 400 g/mol. The highest BCUT2D eigenvalue weighted by molar-refractivity contribution is 6.11. The molecule has 0 saturated carbocycles. The van der Waals surface area contributed by atoms with Crippen LogP contribution < -0.4 is 0 Å². The van der Waals surface area contributed by atoms with E-state index in [1.165, 1.54) is 45.5 Å². The van der Waals surface area contributed by atoms with E-state index in [0.29, 0.717) is 10.8 Å². The number of hydrogen-bond acceptors (Lipinski definition) is 1. The van der Waals surface area contributed by atoms with Gasteiger partial charge in [-0.2, -0.15) is 0 Å². The fourth-order valence-corrected chi connectivity index (χ4v) is 5.76. The zero-order chi connectivity index (χ0) is 21.4. The van der Waals surface area contributed by atoms with Gasteiger partial charge in [0.05, 0.1) is 5.69 Å². The fourth-order valence-electron chi connectivity index (χ4n) is 5.76. The van der Waals surface area contributed by atoms with Crippen molar-refractivity contribution in [3.63, 3.8) is 0 Å². The number of aromatic nitrogens is 1. The molecule has 0 unspecified atom stereocenters. The SMILES string of the molecule is Fc1cc2ccc3c(-c4cc5c6c(c4)CCc4cccc(c4-6)CC5)nccc3c2cc1F. The van der Waals surface area contributed by atoms with E-state index < -0.39 is 11.6 Å². The van der Waals surface area contributed by atoms with Crippen LogP contribution in [0.15, 0.2) is 66.9 Å². The topological polar surface area (TPSA) is 12.9 Å². The van der Waals surface area contributed by atoms with Crippen LogP contribution in [0.1, 0.15) is 22.3 Å². The van der Waals surface area contributed by atoms with Crippen LogP contribution >= 0.6 is 0 Å². The van der Waals surface area contributed by atoms with Gasteiger partial charge in [0.1, 0.15) is 0 Å². The minimum absolute atomic E-state index is 0.693. The van der Waals surface area contributed by atoms with Gasteiger partial charge in [-0.25, -0.2) is 8.78 Å². The molecule has 2 aliphatic carbocycles. The van der Waals surface area contributed by atoms with Crippen LogP contribution in [0.2, 0.25) is 0 Å². The Morgan fingerprint density at radius 3 is 2.00 bits per heavy atom. The second-order valence-electron chi connectivity index (χ2n) is 8.93. The van der Waals surface area contributed by atoms with Crippen LogP contribution in [0.25, 0.3) is 43.9 Å². The van der Waals surface area contributed by atoms with Crippen molar-refractivity contribution in [3.05, 3.63) is 101 Å². The molecule has 3 heteroatoms. The average molecular weight is 419 g/mol. The summed E-state index contributed by atoms with van der Waals surface area (Å²) in [6, 6.07) is 19.6. The van der Waals surface area contributed by atoms with E-state index in [1.807, 2.05) is 18.2 Å². The first kappa shape index (κ1) is 18.0. The number of pyridine rings is 1. The Kier molecular flexibility index (Phi) is 3.64. The maximum Gasteiger partial charge on any atom is 0.159 e. The molecule has 0 amide bonds. The van der Waals surface area contributed by atoms with Crippen LogP contribution in [0, 0.1) is 11.6 Å². The van der Waals surface area contributed by atoms with Crippen molar-refractivity contribution >= 4 is 21.5 Å². The zero-order valence-electron chi connectivity index (χ0n) is 17.4. The van der Waals surface area contributed by atoms with Crippen molar-refractivity contribution < 1.29 is 8.78 Å². The average Bonchev–Trinajstić information content (AvgIpc) is 2.82. The van der Waals surface area contributed by atoms with Gasteiger partial charge in [0.25, 0.3) is 0 Å². The molecular formula is C29H19F2N. The third-order valence-corrected chi connectivity index (χ3v) is 7.19. The molecule has 5 aromatic rings. The molecule has 2 aliphatic rings. The van der Waals surface area contributed by atoms with Crippen LogP contribution in [0.4, 0.5) is 8.78 Å². The summed E-state index contributed by atoms with van der Waals surface area (Å²) in [4.78, 5) is 4.74. The normalized spacial score (nSPS) is 14.1. The van der Waals surface area contributed by atoms with Gasteiger partial charge < -0.3 is 0 Å². The van der Waals surface area contributed by atoms with Gasteiger partial charge >= 0.3 is 0 Å². The lowest BCUT2D eigenvalue weighted by Crippen LogP contribution is -2.14. The monoisotopic (exact) mass is 419 g/mol. The highest BCUT2D eigenvalue weighted by Gasteiger charge is 2.26. The summed E-state index contributed by atoms with van der Waals surface area (Å²) in [7, 11) is 0. The molecule has 154 valence electrons. The van der Waals surface area contributed by atoms with Crippen molar-refractivity contribution in [1.82, 2.24) is 4.98 Å². The maximum absolute atomic E-state index is 14.0. The Balaban J connectivity index is 1.48. The first-order chi connectivity index (χ1) is 15.7. The number of hydrogen-bond donors (Lipinski definition) is 0. The van der Waals surface area contributed by atoms with Crippen molar-refractivity contribution in [1.29, 1.82) is 0 Å². The van der Waals surface area contributed by atoms with E-state index in [-0.39, 0.29) is 0 Å². The molecule has 1 aromatic heterocycles. The van der Waals surface area contributed by atoms with Gasteiger partial charge in [0.15, 0.2) is 11.6 Å². The minimum Gasteiger partial charge on any atom is -0.256 e. The third kappa shape index (κ3) is 2.45. The second-order valence-corrected chi connectivity index (χ2v) is 8.93. The summed E-state index contributed by atoms with van der Waals surface area (Å²) >= 11 is 0.